The number of ether oxygens (including phenoxy) is 3. The predicted octanol–water partition coefficient (Wildman–Crippen LogP) is 0.734. The number of carbonyl (C=O) groups excluding carboxylic acids is 1. The number of benzene rings is 1. The SMILES string of the molecule is COc1cc(OC)c(C(=O)NCCn2cncn2)cc1OC. The molecule has 1 N–H and O–H groups in total. The minimum absolute atomic E-state index is 0.266. The lowest BCUT2D eigenvalue weighted by molar-refractivity contribution is 0.0948. The van der Waals surface area contributed by atoms with Gasteiger partial charge in [-0.25, -0.2) is 4.98 Å². The lowest BCUT2D eigenvalue weighted by Gasteiger charge is -2.14. The van der Waals surface area contributed by atoms with E-state index in [9.17, 15) is 4.79 Å². The van der Waals surface area contributed by atoms with Gasteiger partial charge in [-0.3, -0.25) is 9.48 Å². The molecule has 1 heterocycles. The maximum absolute atomic E-state index is 12.3. The van der Waals surface area contributed by atoms with Crippen LogP contribution < -0.4 is 19.5 Å². The molecule has 1 aromatic carbocycles. The Labute approximate surface area is 128 Å². The summed E-state index contributed by atoms with van der Waals surface area (Å²) in [5, 5.41) is 6.76. The summed E-state index contributed by atoms with van der Waals surface area (Å²) in [6.07, 6.45) is 3.03. The first-order chi connectivity index (χ1) is 10.7. The Morgan fingerprint density at radius 3 is 2.41 bits per heavy atom. The molecule has 2 aromatic rings. The van der Waals surface area contributed by atoms with E-state index in [1.165, 1.54) is 27.7 Å². The molecule has 0 radical (unpaired) electrons. The van der Waals surface area contributed by atoms with Crippen LogP contribution in [0.15, 0.2) is 24.8 Å². The molecular weight excluding hydrogens is 288 g/mol. The van der Waals surface area contributed by atoms with Gasteiger partial charge in [-0.15, -0.1) is 0 Å². The summed E-state index contributed by atoms with van der Waals surface area (Å²) in [7, 11) is 4.53. The molecule has 0 aliphatic carbocycles. The van der Waals surface area contributed by atoms with Gasteiger partial charge in [-0.2, -0.15) is 5.10 Å². The van der Waals surface area contributed by atoms with Crippen molar-refractivity contribution in [3.8, 4) is 17.2 Å². The Hall–Kier alpha value is -2.77. The average Bonchev–Trinajstić information content (AvgIpc) is 3.06. The normalized spacial score (nSPS) is 10.1. The van der Waals surface area contributed by atoms with E-state index in [-0.39, 0.29) is 5.91 Å². The first-order valence-electron chi connectivity index (χ1n) is 6.60. The molecule has 8 heteroatoms. The van der Waals surface area contributed by atoms with E-state index in [4.69, 9.17) is 14.2 Å². The maximum Gasteiger partial charge on any atom is 0.255 e. The molecule has 0 fully saturated rings. The van der Waals surface area contributed by atoms with E-state index in [1.54, 1.807) is 23.1 Å². The highest BCUT2D eigenvalue weighted by atomic mass is 16.5. The van der Waals surface area contributed by atoms with Crippen molar-refractivity contribution in [3.63, 3.8) is 0 Å². The van der Waals surface area contributed by atoms with Crippen molar-refractivity contribution in [2.75, 3.05) is 27.9 Å². The summed E-state index contributed by atoms with van der Waals surface area (Å²) < 4.78 is 17.3. The van der Waals surface area contributed by atoms with E-state index < -0.39 is 0 Å². The maximum atomic E-state index is 12.3. The van der Waals surface area contributed by atoms with E-state index in [0.29, 0.717) is 35.9 Å². The van der Waals surface area contributed by atoms with Crippen LogP contribution >= 0.6 is 0 Å². The fraction of sp³-hybridized carbons (Fsp3) is 0.357. The third-order valence-corrected chi connectivity index (χ3v) is 3.04. The molecule has 0 unspecified atom stereocenters. The lowest BCUT2D eigenvalue weighted by atomic mass is 10.1. The Bertz CT molecular complexity index is 628. The number of rotatable bonds is 7. The third-order valence-electron chi connectivity index (χ3n) is 3.04. The second-order valence-electron chi connectivity index (χ2n) is 4.32. The van der Waals surface area contributed by atoms with Crippen molar-refractivity contribution in [1.82, 2.24) is 20.1 Å². The summed E-state index contributed by atoms with van der Waals surface area (Å²) in [6, 6.07) is 3.20. The summed E-state index contributed by atoms with van der Waals surface area (Å²) in [5.74, 6) is 1.11. The molecule has 1 aromatic heterocycles. The Kier molecular flexibility index (Phi) is 5.18. The number of nitrogens with one attached hydrogen (secondary N) is 1. The fourth-order valence-electron chi connectivity index (χ4n) is 1.93. The molecule has 118 valence electrons. The van der Waals surface area contributed by atoms with E-state index in [0.717, 1.165) is 0 Å². The van der Waals surface area contributed by atoms with Gasteiger partial charge in [-0.1, -0.05) is 0 Å². The summed E-state index contributed by atoms with van der Waals surface area (Å²) >= 11 is 0. The quantitative estimate of drug-likeness (QED) is 0.811. The van der Waals surface area contributed by atoms with Crippen LogP contribution in [0.3, 0.4) is 0 Å². The molecule has 0 bridgehead atoms. The predicted molar refractivity (Wildman–Crippen MR) is 78.5 cm³/mol. The minimum Gasteiger partial charge on any atom is -0.496 e. The highest BCUT2D eigenvalue weighted by molar-refractivity contribution is 5.97. The molecule has 2 rings (SSSR count). The van der Waals surface area contributed by atoms with Crippen LogP contribution in [0.2, 0.25) is 0 Å². The molecule has 0 saturated carbocycles. The van der Waals surface area contributed by atoms with Crippen LogP contribution in [0.1, 0.15) is 10.4 Å². The van der Waals surface area contributed by atoms with Crippen LogP contribution in [0.4, 0.5) is 0 Å². The first-order valence-corrected chi connectivity index (χ1v) is 6.60. The number of methoxy groups -OCH3 is 3. The van der Waals surface area contributed by atoms with Gasteiger partial charge in [0, 0.05) is 18.7 Å². The second kappa shape index (κ2) is 7.30. The number of carbonyl (C=O) groups is 1. The zero-order valence-electron chi connectivity index (χ0n) is 12.7. The summed E-state index contributed by atoms with van der Waals surface area (Å²) in [6.45, 7) is 0.945. The molecule has 8 nitrogen and oxygen atoms in total. The van der Waals surface area contributed by atoms with Gasteiger partial charge >= 0.3 is 0 Å². The van der Waals surface area contributed by atoms with Crippen LogP contribution in [0, 0.1) is 0 Å². The molecule has 0 saturated heterocycles. The van der Waals surface area contributed by atoms with Gasteiger partial charge in [0.1, 0.15) is 18.4 Å². The summed E-state index contributed by atoms with van der Waals surface area (Å²) in [5.41, 5.74) is 0.374. The van der Waals surface area contributed by atoms with Crippen molar-refractivity contribution in [3.05, 3.63) is 30.4 Å². The van der Waals surface area contributed by atoms with E-state index in [1.807, 2.05) is 0 Å². The Morgan fingerprint density at radius 1 is 1.14 bits per heavy atom. The van der Waals surface area contributed by atoms with Crippen LogP contribution in [0.25, 0.3) is 0 Å². The number of nitrogens with zero attached hydrogens (tertiary/aromatic N) is 3. The highest BCUT2D eigenvalue weighted by Gasteiger charge is 2.17. The van der Waals surface area contributed by atoms with Crippen LogP contribution in [-0.4, -0.2) is 48.5 Å². The standard InChI is InChI=1S/C14H18N4O4/c1-20-11-7-13(22-3)12(21-2)6-10(11)14(19)16-4-5-18-9-15-8-17-18/h6-9H,4-5H2,1-3H3,(H,16,19). The van der Waals surface area contributed by atoms with Gasteiger partial charge in [0.25, 0.3) is 5.91 Å². The van der Waals surface area contributed by atoms with Crippen molar-refractivity contribution in [2.45, 2.75) is 6.54 Å². The average molecular weight is 306 g/mol. The monoisotopic (exact) mass is 306 g/mol. The first kappa shape index (κ1) is 15.6. The van der Waals surface area contributed by atoms with Gasteiger partial charge in [0.05, 0.1) is 33.4 Å². The second-order valence-corrected chi connectivity index (χ2v) is 4.32. The van der Waals surface area contributed by atoms with E-state index >= 15 is 0 Å². The zero-order chi connectivity index (χ0) is 15.9. The zero-order valence-corrected chi connectivity index (χ0v) is 12.7. The van der Waals surface area contributed by atoms with Crippen molar-refractivity contribution >= 4 is 5.91 Å². The molecule has 1 amide bonds. The number of hydrogen-bond acceptors (Lipinski definition) is 6. The topological polar surface area (TPSA) is 87.5 Å². The summed E-state index contributed by atoms with van der Waals surface area (Å²) in [4.78, 5) is 16.1. The molecule has 0 aliphatic rings. The van der Waals surface area contributed by atoms with Gasteiger partial charge in [0.15, 0.2) is 11.5 Å². The van der Waals surface area contributed by atoms with Gasteiger partial charge < -0.3 is 19.5 Å². The van der Waals surface area contributed by atoms with Crippen molar-refractivity contribution in [2.24, 2.45) is 0 Å². The number of amides is 1. The Balaban J connectivity index is 2.10. The molecular formula is C14H18N4O4. The Morgan fingerprint density at radius 2 is 1.82 bits per heavy atom. The minimum atomic E-state index is -0.266. The number of hydrogen-bond donors (Lipinski definition) is 1. The van der Waals surface area contributed by atoms with Gasteiger partial charge in [0.2, 0.25) is 0 Å². The largest absolute Gasteiger partial charge is 0.496 e. The number of aromatic nitrogens is 3. The molecule has 0 spiro atoms. The molecule has 0 aliphatic heterocycles. The van der Waals surface area contributed by atoms with Crippen molar-refractivity contribution in [1.29, 1.82) is 0 Å². The fourth-order valence-corrected chi connectivity index (χ4v) is 1.93. The highest BCUT2D eigenvalue weighted by Crippen LogP contribution is 2.34. The lowest BCUT2D eigenvalue weighted by Crippen LogP contribution is -2.27. The van der Waals surface area contributed by atoms with E-state index in [2.05, 4.69) is 15.4 Å². The van der Waals surface area contributed by atoms with Gasteiger partial charge in [-0.05, 0) is 0 Å². The molecule has 22 heavy (non-hydrogen) atoms. The van der Waals surface area contributed by atoms with Crippen LogP contribution in [0.5, 0.6) is 17.2 Å². The van der Waals surface area contributed by atoms with Crippen LogP contribution in [-0.2, 0) is 6.54 Å². The smallest absolute Gasteiger partial charge is 0.255 e. The third kappa shape index (κ3) is 3.46. The van der Waals surface area contributed by atoms with Crippen molar-refractivity contribution < 1.29 is 19.0 Å². The molecule has 0 atom stereocenters.